The third-order valence-corrected chi connectivity index (χ3v) is 3.41. The van der Waals surface area contributed by atoms with E-state index in [4.69, 9.17) is 0 Å². The van der Waals surface area contributed by atoms with Crippen molar-refractivity contribution >= 4 is 27.7 Å². The number of alkyl halides is 6. The van der Waals surface area contributed by atoms with Crippen LogP contribution >= 0.6 is 15.9 Å². The molecule has 0 aliphatic rings. The summed E-state index contributed by atoms with van der Waals surface area (Å²) in [6, 6.07) is 4.13. The summed E-state index contributed by atoms with van der Waals surface area (Å²) in [7, 11) is 0. The van der Waals surface area contributed by atoms with Crippen LogP contribution in [0.25, 0.3) is 0 Å². The number of hydrogen-bond acceptors (Lipinski definition) is 4. The Bertz CT molecular complexity index is 714. The first-order chi connectivity index (χ1) is 11.5. The normalized spacial score (nSPS) is 12.8. The molecule has 0 fully saturated rings. The van der Waals surface area contributed by atoms with E-state index in [0.29, 0.717) is 4.47 Å². The quantitative estimate of drug-likeness (QED) is 0.564. The highest BCUT2D eigenvalue weighted by molar-refractivity contribution is 9.10. The molecule has 136 valence electrons. The Morgan fingerprint density at radius 1 is 1.08 bits per heavy atom. The predicted octanol–water partition coefficient (Wildman–Crippen LogP) is 4.10. The highest BCUT2D eigenvalue weighted by Crippen LogP contribution is 2.43. The molecule has 2 N–H and O–H groups in total. The van der Waals surface area contributed by atoms with E-state index >= 15 is 0 Å². The first-order valence-corrected chi connectivity index (χ1v) is 7.15. The topological polar surface area (TPSA) is 67.2 Å². The third-order valence-electron chi connectivity index (χ3n) is 2.94. The highest BCUT2D eigenvalue weighted by Gasteiger charge is 2.73. The van der Waals surface area contributed by atoms with Crippen molar-refractivity contribution < 1.29 is 35.6 Å². The molecule has 0 aromatic carbocycles. The molecule has 0 saturated heterocycles. The van der Waals surface area contributed by atoms with Gasteiger partial charge < -0.3 is 15.1 Å². The first-order valence-electron chi connectivity index (χ1n) is 6.35. The van der Waals surface area contributed by atoms with Crippen molar-refractivity contribution in [2.45, 2.75) is 18.0 Å². The zero-order valence-corrected chi connectivity index (χ0v) is 13.5. The lowest BCUT2D eigenvalue weighted by atomic mass is 10.1. The number of aromatic nitrogens is 1. The van der Waals surface area contributed by atoms with Crippen molar-refractivity contribution in [1.82, 2.24) is 10.3 Å². The van der Waals surface area contributed by atoms with Gasteiger partial charge in [-0.3, -0.25) is 4.79 Å². The molecule has 2 aromatic rings. The van der Waals surface area contributed by atoms with Crippen LogP contribution in [0.4, 0.5) is 32.2 Å². The zero-order chi connectivity index (χ0) is 18.9. The minimum atomic E-state index is -5.94. The molecular weight excluding hydrogens is 424 g/mol. The Morgan fingerprint density at radius 3 is 2.16 bits per heavy atom. The molecule has 0 atom stereocenters. The van der Waals surface area contributed by atoms with Crippen LogP contribution in [0.1, 0.15) is 10.6 Å². The summed E-state index contributed by atoms with van der Waals surface area (Å²) in [5.41, 5.74) is -4.77. The predicted molar refractivity (Wildman–Crippen MR) is 76.6 cm³/mol. The van der Waals surface area contributed by atoms with E-state index in [9.17, 15) is 31.1 Å². The molecule has 12 heteroatoms. The molecule has 1 amide bonds. The maximum absolute atomic E-state index is 13.4. The zero-order valence-electron chi connectivity index (χ0n) is 11.9. The molecule has 2 rings (SSSR count). The Hall–Kier alpha value is -2.24. The van der Waals surface area contributed by atoms with Gasteiger partial charge in [0.1, 0.15) is 5.82 Å². The van der Waals surface area contributed by atoms with E-state index in [0.717, 1.165) is 36.0 Å². The van der Waals surface area contributed by atoms with Crippen LogP contribution < -0.4 is 10.6 Å². The molecule has 5 nitrogen and oxygen atoms in total. The second-order valence-electron chi connectivity index (χ2n) is 4.66. The lowest BCUT2D eigenvalue weighted by molar-refractivity contribution is -0.294. The van der Waals surface area contributed by atoms with Gasteiger partial charge in [-0.2, -0.15) is 26.3 Å². The number of hydrogen-bond donors (Lipinski definition) is 2. The van der Waals surface area contributed by atoms with E-state index in [1.807, 2.05) is 0 Å². The third kappa shape index (κ3) is 3.89. The lowest BCUT2D eigenvalue weighted by Gasteiger charge is -2.38. The average Bonchev–Trinajstić information content (AvgIpc) is 3.00. The number of nitrogens with zero attached hydrogens (tertiary/aromatic N) is 1. The maximum atomic E-state index is 13.4. The number of pyridine rings is 1. The van der Waals surface area contributed by atoms with Crippen molar-refractivity contribution in [3.8, 4) is 0 Å². The Kier molecular flexibility index (Phi) is 5.02. The minimum absolute atomic E-state index is 0.335. The number of carbonyl (C=O) groups is 1. The molecule has 0 unspecified atom stereocenters. The fourth-order valence-corrected chi connectivity index (χ4v) is 1.99. The number of halogens is 7. The molecule has 2 heterocycles. The fourth-order valence-electron chi connectivity index (χ4n) is 1.76. The van der Waals surface area contributed by atoms with Gasteiger partial charge in [0.05, 0.1) is 6.26 Å². The second kappa shape index (κ2) is 6.58. The number of carbonyl (C=O) groups excluding carboxylic acids is 1. The van der Waals surface area contributed by atoms with Crippen LogP contribution in [-0.4, -0.2) is 28.9 Å². The molecule has 25 heavy (non-hydrogen) atoms. The summed E-state index contributed by atoms with van der Waals surface area (Å²) in [5, 5.41) is 2.17. The van der Waals surface area contributed by atoms with Gasteiger partial charge in [-0.1, -0.05) is 0 Å². The molecule has 2 aromatic heterocycles. The molecule has 0 spiro atoms. The SMILES string of the molecule is O=C(NC(Nc1ccc(Br)cn1)(C(F)(F)F)C(F)(F)F)c1ccco1. The van der Waals surface area contributed by atoms with Crippen molar-refractivity contribution in [2.24, 2.45) is 0 Å². The highest BCUT2D eigenvalue weighted by atomic mass is 79.9. The van der Waals surface area contributed by atoms with Gasteiger partial charge in [0.2, 0.25) is 0 Å². The summed E-state index contributed by atoms with van der Waals surface area (Å²) in [5.74, 6) is -3.18. The number of furan rings is 1. The van der Waals surface area contributed by atoms with E-state index in [2.05, 4.69) is 25.3 Å². The summed E-state index contributed by atoms with van der Waals surface area (Å²) in [4.78, 5) is 15.2. The lowest BCUT2D eigenvalue weighted by Crippen LogP contribution is -2.72. The van der Waals surface area contributed by atoms with Crippen LogP contribution in [-0.2, 0) is 0 Å². The largest absolute Gasteiger partial charge is 0.459 e. The maximum Gasteiger partial charge on any atom is 0.439 e. The number of rotatable bonds is 4. The molecule has 0 saturated carbocycles. The van der Waals surface area contributed by atoms with Crippen molar-refractivity contribution in [3.05, 3.63) is 47.0 Å². The fraction of sp³-hybridized carbons (Fsp3) is 0.231. The van der Waals surface area contributed by atoms with E-state index in [-0.39, 0.29) is 0 Å². The van der Waals surface area contributed by atoms with Crippen LogP contribution in [0.3, 0.4) is 0 Å². The van der Waals surface area contributed by atoms with Gasteiger partial charge in [-0.25, -0.2) is 4.98 Å². The smallest absolute Gasteiger partial charge is 0.439 e. The minimum Gasteiger partial charge on any atom is -0.459 e. The molecule has 0 radical (unpaired) electrons. The number of nitrogens with one attached hydrogen (secondary N) is 2. The van der Waals surface area contributed by atoms with Crippen molar-refractivity contribution in [1.29, 1.82) is 0 Å². The van der Waals surface area contributed by atoms with E-state index < -0.39 is 35.5 Å². The molecule has 0 aliphatic carbocycles. The van der Waals surface area contributed by atoms with Crippen LogP contribution in [0.5, 0.6) is 0 Å². The van der Waals surface area contributed by atoms with Crippen LogP contribution in [0.15, 0.2) is 45.6 Å². The van der Waals surface area contributed by atoms with Gasteiger partial charge in [-0.05, 0) is 40.2 Å². The Balaban J connectivity index is 2.48. The number of amides is 1. The molecule has 0 aliphatic heterocycles. The van der Waals surface area contributed by atoms with Gasteiger partial charge in [-0.15, -0.1) is 0 Å². The van der Waals surface area contributed by atoms with Gasteiger partial charge in [0, 0.05) is 10.7 Å². The van der Waals surface area contributed by atoms with Gasteiger partial charge in [0.15, 0.2) is 5.76 Å². The number of anilines is 1. The van der Waals surface area contributed by atoms with E-state index in [1.165, 1.54) is 11.4 Å². The Labute approximate surface area is 144 Å². The Morgan fingerprint density at radius 2 is 1.72 bits per heavy atom. The first kappa shape index (κ1) is 19.1. The standard InChI is InChI=1S/C13H8BrF6N3O2/c14-7-3-4-9(21-6-7)22-11(12(15,16)17,13(18,19)20)23-10(24)8-2-1-5-25-8/h1-6H,(H,21,22)(H,23,24). The van der Waals surface area contributed by atoms with Gasteiger partial charge >= 0.3 is 18.0 Å². The average molecular weight is 432 g/mol. The van der Waals surface area contributed by atoms with Crippen molar-refractivity contribution in [2.75, 3.05) is 5.32 Å². The summed E-state index contributed by atoms with van der Waals surface area (Å²) < 4.78 is 85.1. The van der Waals surface area contributed by atoms with Gasteiger partial charge in [0.25, 0.3) is 5.91 Å². The van der Waals surface area contributed by atoms with Crippen molar-refractivity contribution in [3.63, 3.8) is 0 Å². The van der Waals surface area contributed by atoms with E-state index in [1.54, 1.807) is 0 Å². The summed E-state index contributed by atoms with van der Waals surface area (Å²) in [6.45, 7) is 0. The summed E-state index contributed by atoms with van der Waals surface area (Å²) in [6.07, 6.45) is -9.96. The van der Waals surface area contributed by atoms with Crippen LogP contribution in [0.2, 0.25) is 0 Å². The molecule has 0 bridgehead atoms. The summed E-state index contributed by atoms with van der Waals surface area (Å²) >= 11 is 2.95. The second-order valence-corrected chi connectivity index (χ2v) is 5.58. The molecular formula is C13H8BrF6N3O2. The monoisotopic (exact) mass is 431 g/mol. The van der Waals surface area contributed by atoms with Crippen LogP contribution in [0, 0.1) is 0 Å².